The van der Waals surface area contributed by atoms with Crippen molar-refractivity contribution < 1.29 is 4.79 Å². The molecular weight excluding hydrogens is 264 g/mol. The Morgan fingerprint density at radius 2 is 2.19 bits per heavy atom. The van der Waals surface area contributed by atoms with Crippen LogP contribution in [0.3, 0.4) is 0 Å². The number of aromatic nitrogens is 2. The van der Waals surface area contributed by atoms with Crippen molar-refractivity contribution in [3.05, 3.63) is 54.0 Å². The molecule has 1 aromatic carbocycles. The molecule has 0 spiro atoms. The summed E-state index contributed by atoms with van der Waals surface area (Å²) in [7, 11) is 1.81. The number of carbonyl (C=O) groups excluding carboxylic acids is 1. The van der Waals surface area contributed by atoms with Crippen LogP contribution in [0, 0.1) is 0 Å². The summed E-state index contributed by atoms with van der Waals surface area (Å²) in [5.74, 6) is -0.103. The Morgan fingerprint density at radius 1 is 1.38 bits per heavy atom. The smallest absolute Gasteiger partial charge is 0.267 e. The first-order valence-electron chi connectivity index (χ1n) is 6.90. The quantitative estimate of drug-likeness (QED) is 0.685. The Hall–Kier alpha value is -2.69. The Bertz CT molecular complexity index is 785. The number of amides is 1. The minimum atomic E-state index is -0.103. The Labute approximate surface area is 122 Å². The van der Waals surface area contributed by atoms with E-state index in [0.29, 0.717) is 17.9 Å². The molecule has 0 aliphatic rings. The maximum Gasteiger partial charge on any atom is 0.267 e. The molecule has 0 unspecified atom stereocenters. The molecular formula is C16H18N4O. The Kier molecular flexibility index (Phi) is 3.39. The molecule has 0 aliphatic heterocycles. The molecule has 3 rings (SSSR count). The number of hydrogen-bond acceptors (Lipinski definition) is 2. The molecule has 0 saturated carbocycles. The molecule has 2 aromatic heterocycles. The van der Waals surface area contributed by atoms with Crippen LogP contribution in [-0.2, 0) is 13.5 Å². The standard InChI is InChI=1S/C16H18N4O/c1-20-10-12(17)8-15(20)16(21)18-7-6-11-9-19-14-5-3-2-4-13(11)14/h2-5,8-10,19H,6-7,17H2,1H3,(H,18,21). The topological polar surface area (TPSA) is 75.8 Å². The number of aryl methyl sites for hydroxylation is 1. The highest BCUT2D eigenvalue weighted by molar-refractivity contribution is 5.93. The van der Waals surface area contributed by atoms with Crippen molar-refractivity contribution in [3.8, 4) is 0 Å². The number of nitrogens with one attached hydrogen (secondary N) is 2. The summed E-state index contributed by atoms with van der Waals surface area (Å²) in [6, 6.07) is 9.83. The molecule has 21 heavy (non-hydrogen) atoms. The van der Waals surface area contributed by atoms with Gasteiger partial charge in [0.1, 0.15) is 5.69 Å². The van der Waals surface area contributed by atoms with E-state index in [0.717, 1.165) is 11.9 Å². The minimum Gasteiger partial charge on any atom is -0.397 e. The number of nitrogens with zero attached hydrogens (tertiary/aromatic N) is 1. The van der Waals surface area contributed by atoms with Gasteiger partial charge in [-0.1, -0.05) is 18.2 Å². The zero-order valence-corrected chi connectivity index (χ0v) is 11.9. The van der Waals surface area contributed by atoms with Crippen molar-refractivity contribution in [2.45, 2.75) is 6.42 Å². The predicted molar refractivity (Wildman–Crippen MR) is 84.2 cm³/mol. The lowest BCUT2D eigenvalue weighted by atomic mass is 10.1. The van der Waals surface area contributed by atoms with Crippen molar-refractivity contribution in [3.63, 3.8) is 0 Å². The fourth-order valence-corrected chi connectivity index (χ4v) is 2.56. The van der Waals surface area contributed by atoms with Gasteiger partial charge in [-0.25, -0.2) is 0 Å². The second-order valence-electron chi connectivity index (χ2n) is 5.13. The second-order valence-corrected chi connectivity index (χ2v) is 5.13. The number of benzene rings is 1. The zero-order valence-electron chi connectivity index (χ0n) is 11.9. The molecule has 4 N–H and O–H groups in total. The number of hydrogen-bond donors (Lipinski definition) is 3. The number of rotatable bonds is 4. The van der Waals surface area contributed by atoms with E-state index in [-0.39, 0.29) is 5.91 Å². The van der Waals surface area contributed by atoms with E-state index in [1.807, 2.05) is 31.4 Å². The molecule has 0 saturated heterocycles. The van der Waals surface area contributed by atoms with Gasteiger partial charge >= 0.3 is 0 Å². The van der Waals surface area contributed by atoms with Crippen LogP contribution < -0.4 is 11.1 Å². The highest BCUT2D eigenvalue weighted by Crippen LogP contribution is 2.17. The molecule has 1 amide bonds. The van der Waals surface area contributed by atoms with E-state index in [4.69, 9.17) is 5.73 Å². The SMILES string of the molecule is Cn1cc(N)cc1C(=O)NCCc1c[nH]c2ccccc12. The van der Waals surface area contributed by atoms with E-state index in [1.54, 1.807) is 16.8 Å². The summed E-state index contributed by atoms with van der Waals surface area (Å²) in [6.07, 6.45) is 4.52. The summed E-state index contributed by atoms with van der Waals surface area (Å²) in [6.45, 7) is 0.589. The third-order valence-electron chi connectivity index (χ3n) is 3.61. The van der Waals surface area contributed by atoms with Crippen LogP contribution >= 0.6 is 0 Å². The lowest BCUT2D eigenvalue weighted by Crippen LogP contribution is -2.27. The molecule has 0 bridgehead atoms. The van der Waals surface area contributed by atoms with Crippen molar-refractivity contribution >= 4 is 22.5 Å². The normalized spacial score (nSPS) is 10.9. The highest BCUT2D eigenvalue weighted by atomic mass is 16.1. The second kappa shape index (κ2) is 5.36. The van der Waals surface area contributed by atoms with Gasteiger partial charge < -0.3 is 20.6 Å². The molecule has 5 heteroatoms. The van der Waals surface area contributed by atoms with E-state index in [2.05, 4.69) is 16.4 Å². The van der Waals surface area contributed by atoms with Crippen molar-refractivity contribution in [2.75, 3.05) is 12.3 Å². The van der Waals surface area contributed by atoms with Crippen LogP contribution in [0.5, 0.6) is 0 Å². The third kappa shape index (κ3) is 2.63. The Balaban J connectivity index is 1.64. The van der Waals surface area contributed by atoms with Crippen molar-refractivity contribution in [1.29, 1.82) is 0 Å². The molecule has 2 heterocycles. The van der Waals surface area contributed by atoms with Gasteiger partial charge in [-0.3, -0.25) is 4.79 Å². The van der Waals surface area contributed by atoms with E-state index in [9.17, 15) is 4.79 Å². The maximum atomic E-state index is 12.1. The van der Waals surface area contributed by atoms with Crippen LogP contribution in [0.4, 0.5) is 5.69 Å². The van der Waals surface area contributed by atoms with Gasteiger partial charge in [0.15, 0.2) is 0 Å². The first kappa shape index (κ1) is 13.3. The molecule has 3 aromatic rings. The number of carbonyl (C=O) groups is 1. The summed E-state index contributed by atoms with van der Waals surface area (Å²) < 4.78 is 1.73. The monoisotopic (exact) mass is 282 g/mol. The Morgan fingerprint density at radius 3 is 2.95 bits per heavy atom. The largest absolute Gasteiger partial charge is 0.397 e. The van der Waals surface area contributed by atoms with Gasteiger partial charge in [0.05, 0.1) is 5.69 Å². The van der Waals surface area contributed by atoms with Gasteiger partial charge in [0.2, 0.25) is 0 Å². The van der Waals surface area contributed by atoms with Gasteiger partial charge in [-0.05, 0) is 24.1 Å². The third-order valence-corrected chi connectivity index (χ3v) is 3.61. The summed E-state index contributed by atoms with van der Waals surface area (Å²) in [5.41, 5.74) is 9.18. The van der Waals surface area contributed by atoms with Crippen LogP contribution in [-0.4, -0.2) is 22.0 Å². The number of H-pyrrole nitrogens is 1. The van der Waals surface area contributed by atoms with E-state index >= 15 is 0 Å². The van der Waals surface area contributed by atoms with E-state index in [1.165, 1.54) is 10.9 Å². The van der Waals surface area contributed by atoms with Gasteiger partial charge in [-0.15, -0.1) is 0 Å². The number of aromatic amines is 1. The molecule has 0 atom stereocenters. The average molecular weight is 282 g/mol. The van der Waals surface area contributed by atoms with Crippen molar-refractivity contribution in [1.82, 2.24) is 14.9 Å². The lowest BCUT2D eigenvalue weighted by Gasteiger charge is -2.05. The first-order chi connectivity index (χ1) is 10.1. The fourth-order valence-electron chi connectivity index (χ4n) is 2.56. The van der Waals surface area contributed by atoms with Crippen molar-refractivity contribution in [2.24, 2.45) is 7.05 Å². The van der Waals surface area contributed by atoms with Crippen LogP contribution in [0.2, 0.25) is 0 Å². The number of nitrogen functional groups attached to an aromatic ring is 1. The first-order valence-corrected chi connectivity index (χ1v) is 6.90. The number of para-hydroxylation sites is 1. The number of nitrogens with two attached hydrogens (primary N) is 1. The zero-order chi connectivity index (χ0) is 14.8. The minimum absolute atomic E-state index is 0.103. The highest BCUT2D eigenvalue weighted by Gasteiger charge is 2.10. The fraction of sp³-hybridized carbons (Fsp3) is 0.188. The van der Waals surface area contributed by atoms with Crippen LogP contribution in [0.25, 0.3) is 10.9 Å². The molecule has 108 valence electrons. The van der Waals surface area contributed by atoms with Crippen LogP contribution in [0.15, 0.2) is 42.7 Å². The van der Waals surface area contributed by atoms with Gasteiger partial charge in [-0.2, -0.15) is 0 Å². The maximum absolute atomic E-state index is 12.1. The average Bonchev–Trinajstić information content (AvgIpc) is 3.02. The molecule has 0 aliphatic carbocycles. The molecule has 0 radical (unpaired) electrons. The van der Waals surface area contributed by atoms with E-state index < -0.39 is 0 Å². The molecule has 0 fully saturated rings. The summed E-state index contributed by atoms with van der Waals surface area (Å²) in [5, 5.41) is 4.13. The van der Waals surface area contributed by atoms with Crippen LogP contribution in [0.1, 0.15) is 16.1 Å². The lowest BCUT2D eigenvalue weighted by molar-refractivity contribution is 0.0946. The number of anilines is 1. The van der Waals surface area contributed by atoms with Gasteiger partial charge in [0, 0.05) is 36.9 Å². The summed E-state index contributed by atoms with van der Waals surface area (Å²) in [4.78, 5) is 15.3. The number of fused-ring (bicyclic) bond motifs is 1. The van der Waals surface area contributed by atoms with Gasteiger partial charge in [0.25, 0.3) is 5.91 Å². The summed E-state index contributed by atoms with van der Waals surface area (Å²) >= 11 is 0. The predicted octanol–water partition coefficient (Wildman–Crippen LogP) is 2.06. The molecule has 5 nitrogen and oxygen atoms in total.